The van der Waals surface area contributed by atoms with Crippen molar-refractivity contribution in [3.05, 3.63) is 60.2 Å². The first-order valence-corrected chi connectivity index (χ1v) is 7.66. The molecule has 0 unspecified atom stereocenters. The Morgan fingerprint density at radius 1 is 1.16 bits per heavy atom. The first-order valence-electron chi connectivity index (χ1n) is 7.66. The fraction of sp³-hybridized carbons (Fsp3) is 0.111. The van der Waals surface area contributed by atoms with Crippen LogP contribution in [0.4, 0.5) is 0 Å². The largest absolute Gasteiger partial charge is 0.437 e. The molecule has 4 aromatic rings. The highest BCUT2D eigenvalue weighted by atomic mass is 16.5. The molecule has 4 rings (SSSR count). The summed E-state index contributed by atoms with van der Waals surface area (Å²) in [7, 11) is 1.85. The Bertz CT molecular complexity index is 1120. The number of aromatic nitrogens is 5. The molecule has 0 spiro atoms. The summed E-state index contributed by atoms with van der Waals surface area (Å²) in [6, 6.07) is 9.37. The second kappa shape index (κ2) is 5.76. The molecule has 0 amide bonds. The Kier molecular flexibility index (Phi) is 3.43. The molecule has 122 valence electrons. The summed E-state index contributed by atoms with van der Waals surface area (Å²) in [5.74, 6) is 1.02. The van der Waals surface area contributed by atoms with Gasteiger partial charge in [-0.1, -0.05) is 6.07 Å². The Morgan fingerprint density at radius 2 is 2.04 bits per heavy atom. The van der Waals surface area contributed by atoms with Crippen LogP contribution in [0.5, 0.6) is 11.6 Å². The minimum Gasteiger partial charge on any atom is -0.437 e. The number of aryl methyl sites for hydroxylation is 1. The van der Waals surface area contributed by atoms with Crippen LogP contribution in [0.2, 0.25) is 0 Å². The van der Waals surface area contributed by atoms with E-state index in [-0.39, 0.29) is 0 Å². The molecular formula is C18H14N6O. The molecule has 0 saturated heterocycles. The van der Waals surface area contributed by atoms with Crippen LogP contribution in [0.25, 0.3) is 16.8 Å². The zero-order valence-corrected chi connectivity index (χ0v) is 13.7. The third kappa shape index (κ3) is 2.60. The molecule has 0 atom stereocenters. The second-order valence-corrected chi connectivity index (χ2v) is 5.64. The summed E-state index contributed by atoms with van der Waals surface area (Å²) in [6.07, 6.45) is 7.14. The molecule has 3 aromatic heterocycles. The van der Waals surface area contributed by atoms with Crippen molar-refractivity contribution in [2.75, 3.05) is 0 Å². The van der Waals surface area contributed by atoms with Crippen molar-refractivity contribution in [1.29, 1.82) is 5.26 Å². The van der Waals surface area contributed by atoms with Gasteiger partial charge in [0.1, 0.15) is 11.3 Å². The van der Waals surface area contributed by atoms with E-state index in [1.54, 1.807) is 33.7 Å². The summed E-state index contributed by atoms with van der Waals surface area (Å²) in [6.45, 7) is 1.85. The maximum Gasteiger partial charge on any atom is 0.246 e. The average Bonchev–Trinajstić information content (AvgIpc) is 3.25. The van der Waals surface area contributed by atoms with Gasteiger partial charge in [-0.2, -0.15) is 15.5 Å². The minimum absolute atomic E-state index is 0.428. The SMILES string of the molecule is Cc1c(C#N)cccc1Oc1nc(-c2cnn(C)c2)cn2nccc12. The van der Waals surface area contributed by atoms with Gasteiger partial charge in [-0.15, -0.1) is 0 Å². The molecule has 3 heterocycles. The zero-order valence-electron chi connectivity index (χ0n) is 13.7. The zero-order chi connectivity index (χ0) is 17.4. The molecule has 0 aliphatic carbocycles. The van der Waals surface area contributed by atoms with Gasteiger partial charge in [-0.05, 0) is 25.1 Å². The van der Waals surface area contributed by atoms with Gasteiger partial charge in [0.25, 0.3) is 0 Å². The molecule has 0 aliphatic rings. The van der Waals surface area contributed by atoms with Crippen molar-refractivity contribution >= 4 is 5.52 Å². The fourth-order valence-electron chi connectivity index (χ4n) is 2.62. The van der Waals surface area contributed by atoms with E-state index in [1.807, 2.05) is 38.5 Å². The van der Waals surface area contributed by atoms with E-state index in [4.69, 9.17) is 4.74 Å². The van der Waals surface area contributed by atoms with Gasteiger partial charge in [0.05, 0.1) is 35.9 Å². The highest BCUT2D eigenvalue weighted by molar-refractivity contribution is 5.64. The maximum atomic E-state index is 9.20. The Labute approximate surface area is 143 Å². The molecule has 0 N–H and O–H groups in total. The van der Waals surface area contributed by atoms with Gasteiger partial charge < -0.3 is 4.74 Å². The number of nitriles is 1. The molecule has 0 bridgehead atoms. The lowest BCUT2D eigenvalue weighted by Crippen LogP contribution is -1.98. The smallest absolute Gasteiger partial charge is 0.246 e. The lowest BCUT2D eigenvalue weighted by Gasteiger charge is -2.11. The number of nitrogens with zero attached hydrogens (tertiary/aromatic N) is 6. The van der Waals surface area contributed by atoms with E-state index in [1.165, 1.54) is 0 Å². The van der Waals surface area contributed by atoms with E-state index in [2.05, 4.69) is 21.3 Å². The molecule has 0 aliphatic heterocycles. The molecule has 0 saturated carbocycles. The summed E-state index contributed by atoms with van der Waals surface area (Å²) < 4.78 is 9.47. The lowest BCUT2D eigenvalue weighted by molar-refractivity contribution is 0.462. The standard InChI is InChI=1S/C18H14N6O/c1-12-13(8-19)4-3-5-17(12)25-18-16-6-7-20-24(16)11-15(22-18)14-9-21-23(2)10-14/h3-7,9-11H,1-2H3. The van der Waals surface area contributed by atoms with Crippen LogP contribution in [0.1, 0.15) is 11.1 Å². The topological polar surface area (TPSA) is 81.0 Å². The molecule has 25 heavy (non-hydrogen) atoms. The van der Waals surface area contributed by atoms with Gasteiger partial charge in [0, 0.05) is 24.4 Å². The summed E-state index contributed by atoms with van der Waals surface area (Å²) in [5, 5.41) is 17.7. The first-order chi connectivity index (χ1) is 12.2. The monoisotopic (exact) mass is 330 g/mol. The first kappa shape index (κ1) is 14.9. The van der Waals surface area contributed by atoms with Crippen LogP contribution >= 0.6 is 0 Å². The summed E-state index contributed by atoms with van der Waals surface area (Å²) >= 11 is 0. The minimum atomic E-state index is 0.428. The van der Waals surface area contributed by atoms with Crippen molar-refractivity contribution in [3.63, 3.8) is 0 Å². The third-order valence-electron chi connectivity index (χ3n) is 3.97. The number of rotatable bonds is 3. The average molecular weight is 330 g/mol. The van der Waals surface area contributed by atoms with E-state index in [0.717, 1.165) is 16.6 Å². The highest BCUT2D eigenvalue weighted by Gasteiger charge is 2.14. The van der Waals surface area contributed by atoms with Crippen LogP contribution in [0.3, 0.4) is 0 Å². The van der Waals surface area contributed by atoms with Gasteiger partial charge >= 0.3 is 0 Å². The Hall–Kier alpha value is -3.66. The number of fused-ring (bicyclic) bond motifs is 1. The molecule has 0 radical (unpaired) electrons. The third-order valence-corrected chi connectivity index (χ3v) is 3.97. The number of hydrogen-bond donors (Lipinski definition) is 0. The maximum absolute atomic E-state index is 9.20. The van der Waals surface area contributed by atoms with Crippen molar-refractivity contribution < 1.29 is 4.74 Å². The number of hydrogen-bond acceptors (Lipinski definition) is 5. The number of benzene rings is 1. The van der Waals surface area contributed by atoms with Crippen LogP contribution in [0, 0.1) is 18.3 Å². The van der Waals surface area contributed by atoms with Gasteiger partial charge in [-0.25, -0.2) is 9.50 Å². The summed E-state index contributed by atoms with van der Waals surface area (Å²) in [4.78, 5) is 4.63. The molecule has 1 aromatic carbocycles. The predicted molar refractivity (Wildman–Crippen MR) is 91.2 cm³/mol. The van der Waals surface area contributed by atoms with E-state index >= 15 is 0 Å². The van der Waals surface area contributed by atoms with Crippen LogP contribution in [-0.2, 0) is 7.05 Å². The summed E-state index contributed by atoms with van der Waals surface area (Å²) in [5.41, 5.74) is 3.66. The van der Waals surface area contributed by atoms with Gasteiger partial charge in [-0.3, -0.25) is 4.68 Å². The van der Waals surface area contributed by atoms with Crippen LogP contribution < -0.4 is 4.74 Å². The van der Waals surface area contributed by atoms with E-state index < -0.39 is 0 Å². The molecule has 7 nitrogen and oxygen atoms in total. The highest BCUT2D eigenvalue weighted by Crippen LogP contribution is 2.30. The fourth-order valence-corrected chi connectivity index (χ4v) is 2.62. The number of ether oxygens (including phenoxy) is 1. The Balaban J connectivity index is 1.84. The molecule has 7 heteroatoms. The Morgan fingerprint density at radius 3 is 2.80 bits per heavy atom. The second-order valence-electron chi connectivity index (χ2n) is 5.64. The van der Waals surface area contributed by atoms with Gasteiger partial charge in [0.15, 0.2) is 0 Å². The van der Waals surface area contributed by atoms with E-state index in [9.17, 15) is 5.26 Å². The van der Waals surface area contributed by atoms with Gasteiger partial charge in [0.2, 0.25) is 5.88 Å². The van der Waals surface area contributed by atoms with Crippen LogP contribution in [-0.4, -0.2) is 24.4 Å². The van der Waals surface area contributed by atoms with Crippen molar-refractivity contribution in [3.8, 4) is 29.0 Å². The lowest BCUT2D eigenvalue weighted by atomic mass is 10.1. The molecular weight excluding hydrogens is 316 g/mol. The van der Waals surface area contributed by atoms with Crippen molar-refractivity contribution in [2.24, 2.45) is 7.05 Å². The molecule has 0 fully saturated rings. The van der Waals surface area contributed by atoms with Crippen LogP contribution in [0.15, 0.2) is 49.1 Å². The normalized spacial score (nSPS) is 10.8. The van der Waals surface area contributed by atoms with Crippen molar-refractivity contribution in [1.82, 2.24) is 24.4 Å². The van der Waals surface area contributed by atoms with E-state index in [0.29, 0.717) is 22.9 Å². The predicted octanol–water partition coefficient (Wildman–Crippen LogP) is 3.10. The van der Waals surface area contributed by atoms with Crippen molar-refractivity contribution in [2.45, 2.75) is 6.92 Å². The quantitative estimate of drug-likeness (QED) is 0.576.